The molecule has 186 valence electrons. The quantitative estimate of drug-likeness (QED) is 0.239. The van der Waals surface area contributed by atoms with Gasteiger partial charge in [-0.25, -0.2) is 12.1 Å². The summed E-state index contributed by atoms with van der Waals surface area (Å²) in [5, 5.41) is 0. The van der Waals surface area contributed by atoms with Gasteiger partial charge >= 0.3 is 26.8 Å². The molecule has 0 nitrogen and oxygen atoms in total. The Kier molecular flexibility index (Phi) is 18.4. The Balaban J connectivity index is -0.000000437. The molecular formula is C28H48Cl2SiTi-4. The molecule has 2 aromatic rings. The molecule has 2 aliphatic rings. The number of hydrogen-bond donors (Lipinski definition) is 0. The van der Waals surface area contributed by atoms with Gasteiger partial charge in [0.1, 0.15) is 0 Å². The van der Waals surface area contributed by atoms with E-state index in [1.807, 2.05) is 26.8 Å². The van der Waals surface area contributed by atoms with Crippen LogP contribution in [0, 0.1) is 14.9 Å². The predicted molar refractivity (Wildman–Crippen MR) is 151 cm³/mol. The number of rotatable bonds is 0. The van der Waals surface area contributed by atoms with Crippen molar-refractivity contribution in [3.05, 3.63) is 72.5 Å². The summed E-state index contributed by atoms with van der Waals surface area (Å²) >= 11 is 2.03. The molecule has 32 heavy (non-hydrogen) atoms. The average Bonchev–Trinajstić information content (AvgIpc) is 3.27. The van der Waals surface area contributed by atoms with Gasteiger partial charge < -0.3 is 14.9 Å². The van der Waals surface area contributed by atoms with Crippen molar-refractivity contribution in [2.75, 3.05) is 0 Å². The first-order valence-electron chi connectivity index (χ1n) is 11.1. The summed E-state index contributed by atoms with van der Waals surface area (Å²) in [6.45, 7) is 13.8. The molecule has 0 saturated heterocycles. The second-order valence-electron chi connectivity index (χ2n) is 10.5. The van der Waals surface area contributed by atoms with Crippen LogP contribution in [0.4, 0.5) is 0 Å². The summed E-state index contributed by atoms with van der Waals surface area (Å²) in [4.78, 5) is 0. The zero-order chi connectivity index (χ0) is 20.9. The van der Waals surface area contributed by atoms with E-state index in [0.717, 1.165) is 0 Å². The fraction of sp³-hybridized carbons (Fsp3) is 0.571. The first kappa shape index (κ1) is 36.8. The maximum atomic E-state index is 2.43. The van der Waals surface area contributed by atoms with Gasteiger partial charge in [0.05, 0.1) is 0 Å². The summed E-state index contributed by atoms with van der Waals surface area (Å²) in [7, 11) is 1.86. The van der Waals surface area contributed by atoms with Gasteiger partial charge in [-0.1, -0.05) is 92.9 Å². The summed E-state index contributed by atoms with van der Waals surface area (Å²) in [6, 6.07) is 9.70. The second-order valence-corrected chi connectivity index (χ2v) is 10.5. The fourth-order valence-corrected chi connectivity index (χ4v) is 4.26. The third kappa shape index (κ3) is 10.2. The van der Waals surface area contributed by atoms with E-state index in [2.05, 4.69) is 65.8 Å². The van der Waals surface area contributed by atoms with E-state index in [9.17, 15) is 0 Å². The van der Waals surface area contributed by atoms with Crippen molar-refractivity contribution in [3.8, 4) is 0 Å². The molecular weight excluding hydrogens is 483 g/mol. The molecule has 0 spiro atoms. The molecule has 0 radical (unpaired) electrons. The molecule has 2 aromatic carbocycles. The topological polar surface area (TPSA) is 0 Å². The van der Waals surface area contributed by atoms with E-state index in [4.69, 9.17) is 0 Å². The van der Waals surface area contributed by atoms with Gasteiger partial charge in [0.25, 0.3) is 0 Å². The second kappa shape index (κ2) is 16.0. The van der Waals surface area contributed by atoms with Crippen molar-refractivity contribution in [2.45, 2.75) is 104 Å². The predicted octanol–water partition coefficient (Wildman–Crippen LogP) is 7.99. The molecule has 0 heterocycles. The standard InChI is InChI=1S/2C13H19.2CH3.2ClH.H2Si.Ti/c2*1-13(2,3)12-8-10-6-4-5-7-11(10)9-12;;;;;;/h2*8-9H,4-7H2,1-3H3;2*1H3;2*1H;1H2;/q4*-1;;;;. The van der Waals surface area contributed by atoms with Gasteiger partial charge in [-0.2, -0.15) is 45.5 Å². The third-order valence-electron chi connectivity index (χ3n) is 6.16. The van der Waals surface area contributed by atoms with Crippen LogP contribution >= 0.6 is 24.8 Å². The maximum absolute atomic E-state index is 2.43. The zero-order valence-corrected chi connectivity index (χ0v) is 26.6. The van der Waals surface area contributed by atoms with E-state index in [1.54, 1.807) is 22.3 Å². The van der Waals surface area contributed by atoms with Gasteiger partial charge in [-0.15, -0.1) is 24.8 Å². The summed E-state index contributed by atoms with van der Waals surface area (Å²) in [5.74, 6) is 0. The number of aryl methyl sites for hydroxylation is 4. The average molecular weight is 532 g/mol. The Morgan fingerprint density at radius 1 is 0.625 bits per heavy atom. The van der Waals surface area contributed by atoms with Crippen LogP contribution in [0.2, 0.25) is 0 Å². The normalized spacial score (nSPS) is 14.0. The Morgan fingerprint density at radius 2 is 0.906 bits per heavy atom. The molecule has 0 aliphatic heterocycles. The molecule has 4 rings (SSSR count). The Morgan fingerprint density at radius 3 is 1.16 bits per heavy atom. The minimum atomic E-state index is 0. The molecule has 2 aliphatic carbocycles. The fourth-order valence-electron chi connectivity index (χ4n) is 4.26. The first-order valence-corrected chi connectivity index (χ1v) is 15.1. The molecule has 0 saturated carbocycles. The van der Waals surface area contributed by atoms with Crippen LogP contribution < -0.4 is 0 Å². The molecule has 0 aromatic heterocycles. The van der Waals surface area contributed by atoms with Crippen LogP contribution in [0.5, 0.6) is 0 Å². The van der Waals surface area contributed by atoms with Crippen LogP contribution in [-0.2, 0) is 55.7 Å². The van der Waals surface area contributed by atoms with Crippen molar-refractivity contribution in [2.24, 2.45) is 0 Å². The van der Waals surface area contributed by atoms with Crippen LogP contribution in [0.15, 0.2) is 24.3 Å². The van der Waals surface area contributed by atoms with E-state index in [1.165, 1.54) is 62.5 Å². The molecule has 0 bridgehead atoms. The van der Waals surface area contributed by atoms with Crippen molar-refractivity contribution in [3.63, 3.8) is 0 Å². The Labute approximate surface area is 226 Å². The van der Waals surface area contributed by atoms with Crippen molar-refractivity contribution >= 4 is 32.4 Å². The van der Waals surface area contributed by atoms with Gasteiger partial charge in [0.15, 0.2) is 0 Å². The van der Waals surface area contributed by atoms with Crippen molar-refractivity contribution in [1.29, 1.82) is 0 Å². The zero-order valence-electron chi connectivity index (χ0n) is 22.0. The number of halogens is 2. The van der Waals surface area contributed by atoms with E-state index in [-0.39, 0.29) is 39.7 Å². The molecule has 0 fully saturated rings. The van der Waals surface area contributed by atoms with Crippen LogP contribution in [0.3, 0.4) is 0 Å². The van der Waals surface area contributed by atoms with Gasteiger partial charge in [0.2, 0.25) is 0 Å². The van der Waals surface area contributed by atoms with Gasteiger partial charge in [0, 0.05) is 0 Å². The summed E-state index contributed by atoms with van der Waals surface area (Å²) < 4.78 is 0. The van der Waals surface area contributed by atoms with Gasteiger partial charge in [-0.3, -0.25) is 0 Å². The number of fused-ring (bicyclic) bond motifs is 2. The SMILES string of the molecule is CC(C)(C)c1cc2c([cH-]1)CCCC2.CC(C)(C)c1cc2c([cH-]1)CCCC2.Cl.Cl.[CH3-].[CH3-].[SiH2]=[Ti]. The Bertz CT molecular complexity index is 648. The monoisotopic (exact) mass is 530 g/mol. The summed E-state index contributed by atoms with van der Waals surface area (Å²) in [5.41, 5.74) is 10.2. The van der Waals surface area contributed by atoms with Crippen LogP contribution in [0.1, 0.15) is 101 Å². The van der Waals surface area contributed by atoms with Crippen molar-refractivity contribution < 1.29 is 19.2 Å². The molecule has 0 N–H and O–H groups in total. The van der Waals surface area contributed by atoms with E-state index < -0.39 is 0 Å². The van der Waals surface area contributed by atoms with E-state index in [0.29, 0.717) is 10.8 Å². The Hall–Kier alpha value is 0.211. The third-order valence-corrected chi connectivity index (χ3v) is 6.16. The van der Waals surface area contributed by atoms with E-state index >= 15 is 0 Å². The first-order chi connectivity index (χ1) is 13.1. The molecule has 0 atom stereocenters. The molecule has 0 amide bonds. The van der Waals surface area contributed by atoms with Crippen LogP contribution in [0.25, 0.3) is 0 Å². The number of hydrogen-bond acceptors (Lipinski definition) is 0. The van der Waals surface area contributed by atoms with Crippen LogP contribution in [-0.4, -0.2) is 7.63 Å². The molecule has 4 heteroatoms. The van der Waals surface area contributed by atoms with Gasteiger partial charge in [-0.05, 0) is 10.8 Å². The minimum absolute atomic E-state index is 0. The summed E-state index contributed by atoms with van der Waals surface area (Å²) in [6.07, 6.45) is 10.8. The molecule has 0 unspecified atom stereocenters. The van der Waals surface area contributed by atoms with Crippen molar-refractivity contribution in [1.82, 2.24) is 0 Å².